The number of nitrogens with zero attached hydrogens (tertiary/aromatic N) is 2. The van der Waals surface area contributed by atoms with Crippen molar-refractivity contribution in [2.45, 2.75) is 45.7 Å². The molecule has 3 aromatic carbocycles. The second kappa shape index (κ2) is 14.5. The number of aryl methyl sites for hydroxylation is 1. The number of carbonyl (C=O) groups is 2. The number of carbonyl (C=O) groups excluding carboxylic acids is 2. The number of nitro benzene ring substituents is 1. The zero-order valence-electron chi connectivity index (χ0n) is 22.6. The molecule has 0 spiro atoms. The zero-order valence-corrected chi connectivity index (χ0v) is 22.6. The largest absolute Gasteiger partial charge is 0.490 e. The fraction of sp³-hybridized carbons (Fsp3) is 0.333. The average Bonchev–Trinajstić information content (AvgIpc) is 2.94. The zero-order chi connectivity index (χ0) is 28.2. The minimum atomic E-state index is -0.771. The van der Waals surface area contributed by atoms with Crippen LogP contribution in [0, 0.1) is 17.0 Å². The number of ether oxygens (including phenoxy) is 2. The van der Waals surface area contributed by atoms with E-state index >= 15 is 0 Å². The Morgan fingerprint density at radius 1 is 1.03 bits per heavy atom. The summed E-state index contributed by atoms with van der Waals surface area (Å²) in [6.45, 7) is 4.39. The van der Waals surface area contributed by atoms with Crippen molar-refractivity contribution in [3.8, 4) is 11.5 Å². The molecule has 3 aromatic rings. The molecule has 0 fully saturated rings. The molecule has 0 aliphatic rings. The quantitative estimate of drug-likeness (QED) is 0.180. The van der Waals surface area contributed by atoms with E-state index in [-0.39, 0.29) is 42.2 Å². The normalized spacial score (nSPS) is 11.4. The van der Waals surface area contributed by atoms with Crippen LogP contribution in [0.2, 0.25) is 0 Å². The Morgan fingerprint density at radius 2 is 1.77 bits per heavy atom. The molecule has 1 atom stereocenters. The van der Waals surface area contributed by atoms with Gasteiger partial charge in [0.2, 0.25) is 11.7 Å². The molecule has 1 N–H and O–H groups in total. The minimum absolute atomic E-state index is 0.0267. The van der Waals surface area contributed by atoms with E-state index in [1.165, 1.54) is 25.3 Å². The highest BCUT2D eigenvalue weighted by Gasteiger charge is 2.30. The topological polar surface area (TPSA) is 111 Å². The number of amides is 2. The number of methoxy groups -OCH3 is 1. The van der Waals surface area contributed by atoms with Crippen molar-refractivity contribution in [2.24, 2.45) is 0 Å². The van der Waals surface area contributed by atoms with Crippen LogP contribution in [0.1, 0.15) is 36.5 Å². The van der Waals surface area contributed by atoms with Gasteiger partial charge in [0.1, 0.15) is 11.8 Å². The molecule has 0 saturated carbocycles. The highest BCUT2D eigenvalue weighted by atomic mass is 16.6. The summed E-state index contributed by atoms with van der Waals surface area (Å²) in [5, 5.41) is 14.2. The van der Waals surface area contributed by atoms with Gasteiger partial charge in [-0.1, -0.05) is 73.5 Å². The van der Waals surface area contributed by atoms with Crippen LogP contribution in [0.25, 0.3) is 0 Å². The number of benzene rings is 3. The fourth-order valence-electron chi connectivity index (χ4n) is 4.19. The van der Waals surface area contributed by atoms with Gasteiger partial charge in [0.15, 0.2) is 6.61 Å². The predicted octanol–water partition coefficient (Wildman–Crippen LogP) is 4.85. The van der Waals surface area contributed by atoms with Crippen molar-refractivity contribution in [1.29, 1.82) is 0 Å². The first kappa shape index (κ1) is 29.2. The van der Waals surface area contributed by atoms with Crippen molar-refractivity contribution in [3.05, 3.63) is 99.6 Å². The van der Waals surface area contributed by atoms with E-state index in [2.05, 4.69) is 5.32 Å². The van der Waals surface area contributed by atoms with Gasteiger partial charge in [-0.3, -0.25) is 19.7 Å². The Bertz CT molecular complexity index is 1260. The lowest BCUT2D eigenvalue weighted by Gasteiger charge is -2.31. The van der Waals surface area contributed by atoms with Crippen LogP contribution < -0.4 is 14.8 Å². The maximum absolute atomic E-state index is 13.7. The van der Waals surface area contributed by atoms with Gasteiger partial charge in [-0.2, -0.15) is 0 Å². The Balaban J connectivity index is 1.90. The maximum Gasteiger partial charge on any atom is 0.311 e. The molecule has 0 bridgehead atoms. The van der Waals surface area contributed by atoms with E-state index in [9.17, 15) is 19.7 Å². The molecule has 206 valence electrons. The van der Waals surface area contributed by atoms with Gasteiger partial charge < -0.3 is 19.7 Å². The van der Waals surface area contributed by atoms with Crippen LogP contribution in [0.3, 0.4) is 0 Å². The van der Waals surface area contributed by atoms with Gasteiger partial charge in [-0.25, -0.2) is 0 Å². The molecule has 9 nitrogen and oxygen atoms in total. The Hall–Kier alpha value is -4.40. The minimum Gasteiger partial charge on any atom is -0.490 e. The third kappa shape index (κ3) is 8.56. The van der Waals surface area contributed by atoms with Crippen molar-refractivity contribution >= 4 is 17.5 Å². The summed E-state index contributed by atoms with van der Waals surface area (Å²) in [5.41, 5.74) is 2.65. The number of hydrogen-bond acceptors (Lipinski definition) is 6. The van der Waals surface area contributed by atoms with E-state index < -0.39 is 11.0 Å². The van der Waals surface area contributed by atoms with Crippen LogP contribution in [0.15, 0.2) is 72.8 Å². The first-order valence-corrected chi connectivity index (χ1v) is 12.9. The van der Waals surface area contributed by atoms with Crippen LogP contribution in [0.5, 0.6) is 11.5 Å². The summed E-state index contributed by atoms with van der Waals surface area (Å²) in [6.07, 6.45) is 2.10. The lowest BCUT2D eigenvalue weighted by Crippen LogP contribution is -2.51. The van der Waals surface area contributed by atoms with E-state index in [0.29, 0.717) is 13.0 Å². The smallest absolute Gasteiger partial charge is 0.311 e. The molecule has 0 aliphatic carbocycles. The third-order valence-electron chi connectivity index (χ3n) is 6.25. The van der Waals surface area contributed by atoms with Crippen LogP contribution in [0.4, 0.5) is 5.69 Å². The summed E-state index contributed by atoms with van der Waals surface area (Å²) >= 11 is 0. The van der Waals surface area contributed by atoms with Crippen molar-refractivity contribution in [3.63, 3.8) is 0 Å². The molecule has 0 heterocycles. The number of nitro groups is 1. The molecule has 0 saturated heterocycles. The van der Waals surface area contributed by atoms with Gasteiger partial charge in [0, 0.05) is 31.6 Å². The lowest BCUT2D eigenvalue weighted by molar-refractivity contribution is -0.385. The summed E-state index contributed by atoms with van der Waals surface area (Å²) in [4.78, 5) is 39.3. The first-order chi connectivity index (χ1) is 18.8. The molecule has 0 aromatic heterocycles. The summed E-state index contributed by atoms with van der Waals surface area (Å²) in [7, 11) is 1.33. The molecule has 9 heteroatoms. The first-order valence-electron chi connectivity index (χ1n) is 12.9. The van der Waals surface area contributed by atoms with Gasteiger partial charge in [-0.05, 0) is 30.5 Å². The summed E-state index contributed by atoms with van der Waals surface area (Å²) in [6, 6.07) is 20.6. The third-order valence-corrected chi connectivity index (χ3v) is 6.25. The highest BCUT2D eigenvalue weighted by Crippen LogP contribution is 2.30. The Kier molecular flexibility index (Phi) is 10.9. The number of hydrogen-bond donors (Lipinski definition) is 1. The molecule has 0 aliphatic heterocycles. The van der Waals surface area contributed by atoms with Crippen molar-refractivity contribution in [1.82, 2.24) is 10.2 Å². The van der Waals surface area contributed by atoms with Gasteiger partial charge in [0.05, 0.1) is 12.0 Å². The monoisotopic (exact) mass is 533 g/mol. The second-order valence-electron chi connectivity index (χ2n) is 9.24. The van der Waals surface area contributed by atoms with Crippen molar-refractivity contribution < 1.29 is 24.0 Å². The Morgan fingerprint density at radius 3 is 2.44 bits per heavy atom. The fourth-order valence-corrected chi connectivity index (χ4v) is 4.19. The summed E-state index contributed by atoms with van der Waals surface area (Å²) < 4.78 is 10.8. The van der Waals surface area contributed by atoms with E-state index in [1.54, 1.807) is 4.90 Å². The summed E-state index contributed by atoms with van der Waals surface area (Å²) in [5.74, 6) is -0.349. The lowest BCUT2D eigenvalue weighted by atomic mass is 10.0. The van der Waals surface area contributed by atoms with Crippen LogP contribution in [-0.2, 0) is 22.6 Å². The predicted molar refractivity (Wildman–Crippen MR) is 149 cm³/mol. The van der Waals surface area contributed by atoms with E-state index in [0.717, 1.165) is 29.5 Å². The molecular weight excluding hydrogens is 498 g/mol. The van der Waals surface area contributed by atoms with Gasteiger partial charge in [-0.15, -0.1) is 0 Å². The molecule has 39 heavy (non-hydrogen) atoms. The van der Waals surface area contributed by atoms with Crippen LogP contribution in [-0.4, -0.2) is 47.9 Å². The van der Waals surface area contributed by atoms with Crippen LogP contribution >= 0.6 is 0 Å². The maximum atomic E-state index is 13.7. The molecule has 2 amide bonds. The molecular formula is C30H35N3O6. The molecule has 0 radical (unpaired) electrons. The average molecular weight is 534 g/mol. The number of rotatable bonds is 14. The SMILES string of the molecule is CCCCNC(=O)[C@@H](Cc1ccccc1)N(Cc1cccc(C)c1)C(=O)COc1ccc([N+](=O)[O-])c(OC)c1. The number of unbranched alkanes of at least 4 members (excludes halogenated alkanes) is 1. The standard InChI is InChI=1S/C30H35N3O6/c1-4-5-16-31-30(35)27(18-23-11-7-6-8-12-23)32(20-24-13-9-10-22(2)17-24)29(34)21-39-25-14-15-26(33(36)37)28(19-25)38-3/h6-15,17,19,27H,4-5,16,18,20-21H2,1-3H3,(H,31,35)/t27-/m1/s1. The van der Waals surface area contributed by atoms with Gasteiger partial charge >= 0.3 is 5.69 Å². The second-order valence-corrected chi connectivity index (χ2v) is 9.24. The number of nitrogens with one attached hydrogen (secondary N) is 1. The van der Waals surface area contributed by atoms with Crippen molar-refractivity contribution in [2.75, 3.05) is 20.3 Å². The molecule has 0 unspecified atom stereocenters. The highest BCUT2D eigenvalue weighted by molar-refractivity contribution is 5.88. The van der Waals surface area contributed by atoms with Gasteiger partial charge in [0.25, 0.3) is 5.91 Å². The molecule has 3 rings (SSSR count). The van der Waals surface area contributed by atoms with E-state index in [4.69, 9.17) is 9.47 Å². The Labute approximate surface area is 228 Å². The van der Waals surface area contributed by atoms with E-state index in [1.807, 2.05) is 68.4 Å².